The molecule has 0 bridgehead atoms. The number of anilines is 1. The molecule has 0 aliphatic carbocycles. The molecular weight excluding hydrogens is 226 g/mol. The molecule has 5 heteroatoms. The van der Waals surface area contributed by atoms with Gasteiger partial charge >= 0.3 is 0 Å². The molecule has 1 rings (SSSR count). The molecule has 0 aliphatic heterocycles. The largest absolute Gasteiger partial charge is 0.343 e. The van der Waals surface area contributed by atoms with Crippen LogP contribution < -0.4 is 5.43 Å². The number of hydrogen-bond acceptors (Lipinski definition) is 3. The summed E-state index contributed by atoms with van der Waals surface area (Å²) in [6, 6.07) is 7.62. The van der Waals surface area contributed by atoms with E-state index >= 15 is 0 Å². The van der Waals surface area contributed by atoms with Gasteiger partial charge in [-0.25, -0.2) is 0 Å². The molecular formula is C11H14ClN3O. The van der Waals surface area contributed by atoms with E-state index in [0.29, 0.717) is 0 Å². The van der Waals surface area contributed by atoms with Gasteiger partial charge in [0, 0.05) is 14.1 Å². The van der Waals surface area contributed by atoms with Crippen molar-refractivity contribution in [2.24, 2.45) is 5.10 Å². The lowest BCUT2D eigenvalue weighted by atomic mass is 10.2. The fourth-order valence-electron chi connectivity index (χ4n) is 0.974. The van der Waals surface area contributed by atoms with E-state index in [0.717, 1.165) is 11.3 Å². The predicted molar refractivity (Wildman–Crippen MR) is 66.8 cm³/mol. The Bertz CT molecular complexity index is 398. The van der Waals surface area contributed by atoms with Crippen LogP contribution in [0.15, 0.2) is 29.4 Å². The van der Waals surface area contributed by atoms with E-state index < -0.39 is 0 Å². The Labute approximate surface area is 99.9 Å². The molecule has 16 heavy (non-hydrogen) atoms. The molecule has 1 amide bonds. The number of hydrogen-bond donors (Lipinski definition) is 1. The Morgan fingerprint density at radius 3 is 2.38 bits per heavy atom. The van der Waals surface area contributed by atoms with E-state index in [2.05, 4.69) is 10.5 Å². The van der Waals surface area contributed by atoms with Gasteiger partial charge in [0.25, 0.3) is 5.91 Å². The minimum Gasteiger partial charge on any atom is -0.343 e. The van der Waals surface area contributed by atoms with Crippen molar-refractivity contribution in [3.05, 3.63) is 29.8 Å². The van der Waals surface area contributed by atoms with Crippen molar-refractivity contribution in [2.45, 2.75) is 6.92 Å². The van der Waals surface area contributed by atoms with Crippen LogP contribution in [-0.4, -0.2) is 30.1 Å². The molecule has 0 saturated heterocycles. The zero-order valence-electron chi connectivity index (χ0n) is 9.49. The maximum absolute atomic E-state index is 11.3. The maximum Gasteiger partial charge on any atom is 0.285 e. The number of benzene rings is 1. The third-order valence-electron chi connectivity index (χ3n) is 1.92. The number of rotatable bonds is 3. The van der Waals surface area contributed by atoms with Crippen molar-refractivity contribution in [1.29, 1.82) is 0 Å². The number of nitrogens with one attached hydrogen (secondary N) is 1. The van der Waals surface area contributed by atoms with E-state index in [1.165, 1.54) is 4.90 Å². The summed E-state index contributed by atoms with van der Waals surface area (Å²) in [7, 11) is 3.23. The molecule has 0 atom stereocenters. The zero-order chi connectivity index (χ0) is 12.1. The molecule has 0 unspecified atom stereocenters. The molecule has 4 nitrogen and oxygen atoms in total. The summed E-state index contributed by atoms with van der Waals surface area (Å²) in [4.78, 5) is 12.7. The van der Waals surface area contributed by atoms with Crippen molar-refractivity contribution in [3.63, 3.8) is 0 Å². The third-order valence-corrected chi connectivity index (χ3v) is 2.16. The second-order valence-corrected chi connectivity index (χ2v) is 3.94. The van der Waals surface area contributed by atoms with Gasteiger partial charge in [0.05, 0.1) is 5.69 Å². The SMILES string of the molecule is Cc1ccc(N/N=C(\Cl)C(=O)N(C)C)cc1. The molecule has 1 aromatic rings. The maximum atomic E-state index is 11.3. The van der Waals surface area contributed by atoms with Crippen LogP contribution in [-0.2, 0) is 4.79 Å². The Kier molecular flexibility index (Phi) is 4.31. The number of hydrazone groups is 1. The summed E-state index contributed by atoms with van der Waals surface area (Å²) in [5.74, 6) is -0.332. The van der Waals surface area contributed by atoms with Crippen LogP contribution in [0.3, 0.4) is 0 Å². The number of halogens is 1. The number of carbonyl (C=O) groups excluding carboxylic acids is 1. The monoisotopic (exact) mass is 239 g/mol. The Balaban J connectivity index is 2.66. The van der Waals surface area contributed by atoms with Crippen LogP contribution in [0.2, 0.25) is 0 Å². The van der Waals surface area contributed by atoms with E-state index in [-0.39, 0.29) is 11.1 Å². The summed E-state index contributed by atoms with van der Waals surface area (Å²) in [6.45, 7) is 2.00. The topological polar surface area (TPSA) is 44.7 Å². The fraction of sp³-hybridized carbons (Fsp3) is 0.273. The molecule has 0 spiro atoms. The molecule has 0 heterocycles. The number of carbonyl (C=O) groups is 1. The van der Waals surface area contributed by atoms with Gasteiger partial charge in [0.2, 0.25) is 5.17 Å². The van der Waals surface area contributed by atoms with Gasteiger partial charge in [0.1, 0.15) is 0 Å². The first kappa shape index (κ1) is 12.5. The van der Waals surface area contributed by atoms with Crippen molar-refractivity contribution in [2.75, 3.05) is 19.5 Å². The number of aryl methyl sites for hydroxylation is 1. The van der Waals surface area contributed by atoms with Crippen LogP contribution in [0, 0.1) is 6.92 Å². The quantitative estimate of drug-likeness (QED) is 0.648. The normalized spacial score (nSPS) is 11.1. The van der Waals surface area contributed by atoms with Gasteiger partial charge in [-0.15, -0.1) is 0 Å². The van der Waals surface area contributed by atoms with Crippen molar-refractivity contribution in [1.82, 2.24) is 4.90 Å². The molecule has 0 saturated carbocycles. The van der Waals surface area contributed by atoms with Crippen LogP contribution in [0.1, 0.15) is 5.56 Å². The number of amides is 1. The van der Waals surface area contributed by atoms with Gasteiger partial charge in [-0.2, -0.15) is 5.10 Å². The third kappa shape index (κ3) is 3.55. The minimum absolute atomic E-state index is 0.0921. The van der Waals surface area contributed by atoms with E-state index in [1.54, 1.807) is 14.1 Å². The van der Waals surface area contributed by atoms with E-state index in [4.69, 9.17) is 11.6 Å². The lowest BCUT2D eigenvalue weighted by molar-refractivity contribution is -0.121. The standard InChI is InChI=1S/C11H14ClN3O/c1-8-4-6-9(7-5-8)13-14-10(12)11(16)15(2)3/h4-7,13H,1-3H3/b14-10-. The van der Waals surface area contributed by atoms with E-state index in [1.807, 2.05) is 31.2 Å². The predicted octanol–water partition coefficient (Wildman–Crippen LogP) is 2.05. The highest BCUT2D eigenvalue weighted by Gasteiger charge is 2.10. The molecule has 0 aromatic heterocycles. The summed E-state index contributed by atoms with van der Waals surface area (Å²) in [6.07, 6.45) is 0. The van der Waals surface area contributed by atoms with E-state index in [9.17, 15) is 4.79 Å². The van der Waals surface area contributed by atoms with Gasteiger partial charge in [-0.3, -0.25) is 10.2 Å². The first-order chi connectivity index (χ1) is 7.50. The zero-order valence-corrected chi connectivity index (χ0v) is 10.2. The fourth-order valence-corrected chi connectivity index (χ4v) is 1.19. The summed E-state index contributed by atoms with van der Waals surface area (Å²) in [5.41, 5.74) is 4.66. The van der Waals surface area contributed by atoms with Crippen LogP contribution in [0.5, 0.6) is 0 Å². The number of nitrogens with zero attached hydrogens (tertiary/aromatic N) is 2. The van der Waals surface area contributed by atoms with Crippen molar-refractivity contribution < 1.29 is 4.79 Å². The Morgan fingerprint density at radius 2 is 1.88 bits per heavy atom. The Morgan fingerprint density at radius 1 is 1.31 bits per heavy atom. The average molecular weight is 240 g/mol. The second kappa shape index (κ2) is 5.51. The molecule has 1 aromatic carbocycles. The first-order valence-electron chi connectivity index (χ1n) is 4.78. The molecule has 0 radical (unpaired) electrons. The molecule has 1 N–H and O–H groups in total. The van der Waals surface area contributed by atoms with Crippen LogP contribution in [0.25, 0.3) is 0 Å². The lowest BCUT2D eigenvalue weighted by Gasteiger charge is -2.08. The first-order valence-corrected chi connectivity index (χ1v) is 5.16. The van der Waals surface area contributed by atoms with Crippen LogP contribution in [0.4, 0.5) is 5.69 Å². The highest BCUT2D eigenvalue weighted by molar-refractivity contribution is 6.82. The summed E-state index contributed by atoms with van der Waals surface area (Å²) < 4.78 is 0. The Hall–Kier alpha value is -1.55. The summed E-state index contributed by atoms with van der Waals surface area (Å²) in [5, 5.41) is 3.69. The summed E-state index contributed by atoms with van der Waals surface area (Å²) >= 11 is 5.70. The highest BCUT2D eigenvalue weighted by atomic mass is 35.5. The molecule has 0 fully saturated rings. The van der Waals surface area contributed by atoms with Gasteiger partial charge in [-0.05, 0) is 19.1 Å². The molecule has 86 valence electrons. The average Bonchev–Trinajstić information content (AvgIpc) is 2.26. The van der Waals surface area contributed by atoms with Gasteiger partial charge in [0.15, 0.2) is 0 Å². The van der Waals surface area contributed by atoms with Gasteiger partial charge in [-0.1, -0.05) is 29.3 Å². The van der Waals surface area contributed by atoms with Crippen molar-refractivity contribution >= 4 is 28.4 Å². The highest BCUT2D eigenvalue weighted by Crippen LogP contribution is 2.08. The molecule has 0 aliphatic rings. The van der Waals surface area contributed by atoms with Gasteiger partial charge < -0.3 is 4.90 Å². The van der Waals surface area contributed by atoms with Crippen molar-refractivity contribution in [3.8, 4) is 0 Å². The second-order valence-electron chi connectivity index (χ2n) is 3.58. The smallest absolute Gasteiger partial charge is 0.285 e. The van der Waals surface area contributed by atoms with Crippen LogP contribution >= 0.6 is 11.6 Å². The minimum atomic E-state index is -0.332. The lowest BCUT2D eigenvalue weighted by Crippen LogP contribution is -2.27.